The Hall–Kier alpha value is -0.120. The summed E-state index contributed by atoms with van der Waals surface area (Å²) in [4.78, 5) is 2.65. The van der Waals surface area contributed by atoms with Gasteiger partial charge in [-0.25, -0.2) is 0 Å². The molecule has 3 heteroatoms. The molecule has 1 aliphatic carbocycles. The van der Waals surface area contributed by atoms with Crippen molar-refractivity contribution in [2.75, 3.05) is 19.7 Å². The second-order valence-corrected chi connectivity index (χ2v) is 5.98. The molecule has 1 heterocycles. The van der Waals surface area contributed by atoms with Crippen LogP contribution >= 0.6 is 0 Å². The van der Waals surface area contributed by atoms with Crippen molar-refractivity contribution in [3.63, 3.8) is 0 Å². The summed E-state index contributed by atoms with van der Waals surface area (Å²) in [6.45, 7) is 9.39. The van der Waals surface area contributed by atoms with Crippen molar-refractivity contribution < 1.29 is 4.74 Å². The number of hydrogen-bond donors (Lipinski definition) is 1. The van der Waals surface area contributed by atoms with Crippen LogP contribution in [0.5, 0.6) is 0 Å². The third kappa shape index (κ3) is 2.27. The minimum atomic E-state index is -0.0140. The third-order valence-electron chi connectivity index (χ3n) is 4.13. The van der Waals surface area contributed by atoms with Crippen molar-refractivity contribution in [2.45, 2.75) is 63.6 Å². The summed E-state index contributed by atoms with van der Waals surface area (Å²) in [5.74, 6) is 0. The summed E-state index contributed by atoms with van der Waals surface area (Å²) in [6, 6.07) is 0.794. The quantitative estimate of drug-likeness (QED) is 0.794. The molecule has 1 saturated heterocycles. The Bertz CT molecular complexity index is 250. The molecule has 0 bridgehead atoms. The van der Waals surface area contributed by atoms with Gasteiger partial charge in [0.1, 0.15) is 0 Å². The molecule has 1 atom stereocenters. The van der Waals surface area contributed by atoms with Gasteiger partial charge in [-0.15, -0.1) is 0 Å². The van der Waals surface area contributed by atoms with Gasteiger partial charge in [0.25, 0.3) is 0 Å². The highest BCUT2D eigenvalue weighted by Crippen LogP contribution is 2.41. The number of nitrogens with zero attached hydrogens (tertiary/aromatic N) is 1. The van der Waals surface area contributed by atoms with Crippen molar-refractivity contribution in [3.05, 3.63) is 0 Å². The normalized spacial score (nSPS) is 34.3. The highest BCUT2D eigenvalue weighted by molar-refractivity contribution is 5.03. The van der Waals surface area contributed by atoms with E-state index in [2.05, 4.69) is 25.7 Å². The summed E-state index contributed by atoms with van der Waals surface area (Å²) in [5.41, 5.74) is 6.28. The van der Waals surface area contributed by atoms with E-state index in [0.29, 0.717) is 0 Å². The lowest BCUT2D eigenvalue weighted by Gasteiger charge is -2.50. The van der Waals surface area contributed by atoms with Crippen LogP contribution in [0.2, 0.25) is 0 Å². The van der Waals surface area contributed by atoms with Crippen molar-refractivity contribution in [2.24, 2.45) is 5.73 Å². The van der Waals surface area contributed by atoms with Crippen molar-refractivity contribution in [3.8, 4) is 0 Å². The zero-order valence-corrected chi connectivity index (χ0v) is 11.0. The molecule has 2 fully saturated rings. The van der Waals surface area contributed by atoms with E-state index in [-0.39, 0.29) is 11.1 Å². The number of likely N-dealkylation sites (N-methyl/N-ethyl adjacent to an activating group) is 1. The summed E-state index contributed by atoms with van der Waals surface area (Å²) in [7, 11) is 0. The first-order valence-corrected chi connectivity index (χ1v) is 6.64. The fourth-order valence-electron chi connectivity index (χ4n) is 3.35. The topological polar surface area (TPSA) is 38.5 Å². The largest absolute Gasteiger partial charge is 0.375 e. The van der Waals surface area contributed by atoms with Gasteiger partial charge in [-0.3, -0.25) is 4.90 Å². The minimum absolute atomic E-state index is 0.0140. The summed E-state index contributed by atoms with van der Waals surface area (Å²) >= 11 is 0. The average molecular weight is 226 g/mol. The summed E-state index contributed by atoms with van der Waals surface area (Å²) < 4.78 is 5.83. The van der Waals surface area contributed by atoms with E-state index in [1.165, 1.54) is 12.8 Å². The van der Waals surface area contributed by atoms with E-state index in [4.69, 9.17) is 10.5 Å². The number of nitrogens with two attached hydrogens (primary N) is 1. The monoisotopic (exact) mass is 226 g/mol. The Balaban J connectivity index is 2.16. The molecule has 3 nitrogen and oxygen atoms in total. The molecule has 0 aromatic heterocycles. The zero-order valence-electron chi connectivity index (χ0n) is 11.0. The average Bonchev–Trinajstić information content (AvgIpc) is 3.01. The molecule has 1 unspecified atom stereocenters. The molecule has 0 spiro atoms. The molecule has 16 heavy (non-hydrogen) atoms. The van der Waals surface area contributed by atoms with Crippen molar-refractivity contribution >= 4 is 0 Å². The van der Waals surface area contributed by atoms with E-state index in [0.717, 1.165) is 38.6 Å². The maximum absolute atomic E-state index is 6.10. The van der Waals surface area contributed by atoms with Gasteiger partial charge >= 0.3 is 0 Å². The van der Waals surface area contributed by atoms with Gasteiger partial charge < -0.3 is 10.5 Å². The second-order valence-electron chi connectivity index (χ2n) is 5.98. The van der Waals surface area contributed by atoms with Gasteiger partial charge in [-0.2, -0.15) is 0 Å². The smallest absolute Gasteiger partial charge is 0.0644 e. The Kier molecular flexibility index (Phi) is 3.30. The highest BCUT2D eigenvalue weighted by Gasteiger charge is 2.47. The van der Waals surface area contributed by atoms with Gasteiger partial charge in [0, 0.05) is 24.7 Å². The molecule has 0 amide bonds. The number of ether oxygens (including phenoxy) is 1. The Morgan fingerprint density at radius 1 is 1.38 bits per heavy atom. The van der Waals surface area contributed by atoms with E-state index in [1.807, 2.05) is 0 Å². The first-order valence-electron chi connectivity index (χ1n) is 6.64. The predicted octanol–water partition coefficient (Wildman–Crippen LogP) is 1.76. The van der Waals surface area contributed by atoms with E-state index < -0.39 is 0 Å². The molecular weight excluding hydrogens is 200 g/mol. The minimum Gasteiger partial charge on any atom is -0.375 e. The van der Waals surface area contributed by atoms with Crippen LogP contribution in [0.4, 0.5) is 0 Å². The Morgan fingerprint density at radius 3 is 2.50 bits per heavy atom. The fraction of sp³-hybridized carbons (Fsp3) is 1.00. The molecule has 2 rings (SSSR count). The van der Waals surface area contributed by atoms with Gasteiger partial charge in [0.2, 0.25) is 0 Å². The van der Waals surface area contributed by atoms with Crippen LogP contribution in [-0.4, -0.2) is 41.8 Å². The maximum atomic E-state index is 6.10. The van der Waals surface area contributed by atoms with Crippen LogP contribution in [0.25, 0.3) is 0 Å². The van der Waals surface area contributed by atoms with Crippen LogP contribution in [-0.2, 0) is 4.74 Å². The standard InChI is InChI=1S/C13H26N2O/c1-4-15(11-5-6-11)13(10-14)7-8-16-12(2,3)9-13/h11H,4-10,14H2,1-3H3. The zero-order chi connectivity index (χ0) is 11.8. The molecule has 94 valence electrons. The van der Waals surface area contributed by atoms with Crippen molar-refractivity contribution in [1.29, 1.82) is 0 Å². The SMILES string of the molecule is CCN(C1CC1)C1(CN)CCOC(C)(C)C1. The van der Waals surface area contributed by atoms with Gasteiger partial charge in [-0.1, -0.05) is 6.92 Å². The second kappa shape index (κ2) is 4.28. The maximum Gasteiger partial charge on any atom is 0.0644 e. The van der Waals surface area contributed by atoms with E-state index in [9.17, 15) is 0 Å². The van der Waals surface area contributed by atoms with Crippen LogP contribution in [0.1, 0.15) is 46.5 Å². The molecule has 2 N–H and O–H groups in total. The fourth-order valence-corrected chi connectivity index (χ4v) is 3.35. The lowest BCUT2D eigenvalue weighted by molar-refractivity contribution is -0.119. The Morgan fingerprint density at radius 2 is 2.06 bits per heavy atom. The highest BCUT2D eigenvalue weighted by atomic mass is 16.5. The number of hydrogen-bond acceptors (Lipinski definition) is 3. The van der Waals surface area contributed by atoms with Crippen LogP contribution in [0.3, 0.4) is 0 Å². The summed E-state index contributed by atoms with van der Waals surface area (Å²) in [5, 5.41) is 0. The van der Waals surface area contributed by atoms with E-state index >= 15 is 0 Å². The molecular formula is C13H26N2O. The molecule has 2 aliphatic rings. The van der Waals surface area contributed by atoms with Crippen LogP contribution < -0.4 is 5.73 Å². The van der Waals surface area contributed by atoms with Crippen LogP contribution in [0.15, 0.2) is 0 Å². The van der Waals surface area contributed by atoms with Gasteiger partial charge in [0.05, 0.1) is 5.60 Å². The first kappa shape index (κ1) is 12.3. The van der Waals surface area contributed by atoms with Gasteiger partial charge in [0.15, 0.2) is 0 Å². The Labute approximate surface area is 99.3 Å². The molecule has 0 radical (unpaired) electrons. The molecule has 1 saturated carbocycles. The van der Waals surface area contributed by atoms with Gasteiger partial charge in [-0.05, 0) is 46.1 Å². The molecule has 0 aromatic rings. The third-order valence-corrected chi connectivity index (χ3v) is 4.13. The predicted molar refractivity (Wildman–Crippen MR) is 66.5 cm³/mol. The first-order chi connectivity index (χ1) is 7.53. The lowest BCUT2D eigenvalue weighted by atomic mass is 9.79. The number of rotatable bonds is 4. The molecule has 0 aromatic carbocycles. The summed E-state index contributed by atoms with van der Waals surface area (Å²) in [6.07, 6.45) is 4.88. The van der Waals surface area contributed by atoms with Crippen molar-refractivity contribution in [1.82, 2.24) is 4.90 Å². The van der Waals surface area contributed by atoms with E-state index in [1.54, 1.807) is 0 Å². The van der Waals surface area contributed by atoms with Crippen LogP contribution in [0, 0.1) is 0 Å². The lowest BCUT2D eigenvalue weighted by Crippen LogP contribution is -2.61. The molecule has 1 aliphatic heterocycles.